The van der Waals surface area contributed by atoms with Gasteiger partial charge in [0, 0.05) is 12.6 Å². The van der Waals surface area contributed by atoms with Gasteiger partial charge in [-0.05, 0) is 25.0 Å². The van der Waals surface area contributed by atoms with E-state index >= 15 is 0 Å². The second-order valence-corrected chi connectivity index (χ2v) is 4.93. The van der Waals surface area contributed by atoms with Crippen LogP contribution in [0.3, 0.4) is 0 Å². The van der Waals surface area contributed by atoms with Crippen LogP contribution < -0.4 is 11.1 Å². The number of hydrogen-bond acceptors (Lipinski definition) is 4. The number of hydrogen-bond donors (Lipinski definition) is 2. The van der Waals surface area contributed by atoms with Crippen molar-refractivity contribution in [3.63, 3.8) is 0 Å². The number of carbonyl (C=O) groups is 1. The molecule has 0 radical (unpaired) electrons. The Labute approximate surface area is 124 Å². The molecule has 1 unspecified atom stereocenters. The van der Waals surface area contributed by atoms with Crippen LogP contribution >= 0.6 is 0 Å². The maximum Gasteiger partial charge on any atom is 0.253 e. The molecular formula is C16H20N4O. The van der Waals surface area contributed by atoms with Gasteiger partial charge in [-0.15, -0.1) is 0 Å². The molecule has 110 valence electrons. The number of nitrogens with zero attached hydrogens (tertiary/aromatic N) is 2. The average Bonchev–Trinajstić information content (AvgIpc) is 2.53. The van der Waals surface area contributed by atoms with Crippen molar-refractivity contribution in [1.82, 2.24) is 15.5 Å². The Hall–Kier alpha value is -2.27. The van der Waals surface area contributed by atoms with Gasteiger partial charge in [-0.1, -0.05) is 37.3 Å². The van der Waals surface area contributed by atoms with Crippen LogP contribution in [0.2, 0.25) is 0 Å². The predicted octanol–water partition coefficient (Wildman–Crippen LogP) is 1.78. The zero-order chi connectivity index (χ0) is 15.2. The van der Waals surface area contributed by atoms with Crippen LogP contribution in [0.5, 0.6) is 0 Å². The van der Waals surface area contributed by atoms with Crippen LogP contribution in [0.1, 0.15) is 40.3 Å². The summed E-state index contributed by atoms with van der Waals surface area (Å²) < 4.78 is 0. The van der Waals surface area contributed by atoms with Gasteiger partial charge in [-0.2, -0.15) is 10.2 Å². The highest BCUT2D eigenvalue weighted by molar-refractivity contribution is 5.95. The van der Waals surface area contributed by atoms with Gasteiger partial charge in [0.2, 0.25) is 0 Å². The summed E-state index contributed by atoms with van der Waals surface area (Å²) in [6, 6.07) is 11.2. The molecule has 3 N–H and O–H groups in total. The molecule has 21 heavy (non-hydrogen) atoms. The number of amides is 1. The van der Waals surface area contributed by atoms with E-state index < -0.39 is 0 Å². The number of aryl methyl sites for hydroxylation is 2. The molecule has 5 nitrogen and oxygen atoms in total. The molecule has 2 aromatic rings. The van der Waals surface area contributed by atoms with E-state index in [0.717, 1.165) is 11.3 Å². The third kappa shape index (κ3) is 3.86. The number of rotatable bonds is 5. The summed E-state index contributed by atoms with van der Waals surface area (Å²) in [6.45, 7) is 4.15. The summed E-state index contributed by atoms with van der Waals surface area (Å²) in [6.07, 6.45) is 0.667. The molecule has 0 aliphatic carbocycles. The maximum absolute atomic E-state index is 12.3. The van der Waals surface area contributed by atoms with Crippen molar-refractivity contribution < 1.29 is 4.79 Å². The first-order valence-electron chi connectivity index (χ1n) is 7.03. The summed E-state index contributed by atoms with van der Waals surface area (Å²) >= 11 is 0. The molecule has 1 aromatic heterocycles. The Morgan fingerprint density at radius 2 is 2.00 bits per heavy atom. The fourth-order valence-electron chi connectivity index (χ4n) is 2.09. The molecular weight excluding hydrogens is 264 g/mol. The summed E-state index contributed by atoms with van der Waals surface area (Å²) in [5, 5.41) is 10.9. The molecule has 1 atom stereocenters. The topological polar surface area (TPSA) is 80.9 Å². The minimum Gasteiger partial charge on any atom is -0.350 e. The highest BCUT2D eigenvalue weighted by Crippen LogP contribution is 2.10. The van der Waals surface area contributed by atoms with Crippen molar-refractivity contribution in [2.75, 3.05) is 6.54 Å². The molecule has 0 saturated heterocycles. The summed E-state index contributed by atoms with van der Waals surface area (Å²) in [5.41, 5.74) is 9.08. The number of benzene rings is 1. The molecule has 1 amide bonds. The van der Waals surface area contributed by atoms with Crippen molar-refractivity contribution >= 4 is 5.91 Å². The number of aromatic nitrogens is 2. The number of nitrogens with two attached hydrogens (primary N) is 1. The molecule has 5 heteroatoms. The first kappa shape index (κ1) is 15.1. The Morgan fingerprint density at radius 3 is 2.67 bits per heavy atom. The van der Waals surface area contributed by atoms with Gasteiger partial charge >= 0.3 is 0 Å². The third-order valence-corrected chi connectivity index (χ3v) is 3.28. The fourth-order valence-corrected chi connectivity index (χ4v) is 2.09. The van der Waals surface area contributed by atoms with Gasteiger partial charge in [-0.3, -0.25) is 4.79 Å². The largest absolute Gasteiger partial charge is 0.350 e. The van der Waals surface area contributed by atoms with E-state index in [0.29, 0.717) is 24.2 Å². The quantitative estimate of drug-likeness (QED) is 0.877. The smallest absolute Gasteiger partial charge is 0.253 e. The first-order valence-corrected chi connectivity index (χ1v) is 7.03. The van der Waals surface area contributed by atoms with Gasteiger partial charge in [0.25, 0.3) is 5.91 Å². The molecule has 0 spiro atoms. The Balaban J connectivity index is 2.04. The molecule has 0 bridgehead atoms. The average molecular weight is 284 g/mol. The SMILES string of the molecule is CCc1nnc(C)cc1C(=O)NCC(N)c1ccccc1. The minimum absolute atomic E-state index is 0.156. The number of carbonyl (C=O) groups excluding carboxylic acids is 1. The fraction of sp³-hybridized carbons (Fsp3) is 0.312. The van der Waals surface area contributed by atoms with E-state index in [2.05, 4.69) is 15.5 Å². The molecule has 1 heterocycles. The van der Waals surface area contributed by atoms with Crippen molar-refractivity contribution in [3.8, 4) is 0 Å². The van der Waals surface area contributed by atoms with Crippen LogP contribution in [0.25, 0.3) is 0 Å². The lowest BCUT2D eigenvalue weighted by Gasteiger charge is -2.14. The Bertz CT molecular complexity index is 613. The monoisotopic (exact) mass is 284 g/mol. The van der Waals surface area contributed by atoms with E-state index in [-0.39, 0.29) is 11.9 Å². The molecule has 0 aliphatic rings. The second kappa shape index (κ2) is 6.95. The normalized spacial score (nSPS) is 12.0. The summed E-state index contributed by atoms with van der Waals surface area (Å²) in [4.78, 5) is 12.3. The van der Waals surface area contributed by atoms with Crippen LogP contribution in [-0.2, 0) is 6.42 Å². The van der Waals surface area contributed by atoms with E-state index in [1.54, 1.807) is 6.07 Å². The van der Waals surface area contributed by atoms with E-state index in [9.17, 15) is 4.79 Å². The van der Waals surface area contributed by atoms with E-state index in [4.69, 9.17) is 5.73 Å². The van der Waals surface area contributed by atoms with Crippen LogP contribution in [-0.4, -0.2) is 22.6 Å². The van der Waals surface area contributed by atoms with Gasteiger partial charge < -0.3 is 11.1 Å². The maximum atomic E-state index is 12.3. The van der Waals surface area contributed by atoms with Crippen LogP contribution in [0, 0.1) is 6.92 Å². The molecule has 2 rings (SSSR count). The molecule has 1 aromatic carbocycles. The predicted molar refractivity (Wildman–Crippen MR) is 81.9 cm³/mol. The minimum atomic E-state index is -0.226. The first-order chi connectivity index (χ1) is 10.1. The van der Waals surface area contributed by atoms with Gasteiger partial charge in [0.15, 0.2) is 0 Å². The van der Waals surface area contributed by atoms with Gasteiger partial charge in [0.05, 0.1) is 17.0 Å². The lowest BCUT2D eigenvalue weighted by Crippen LogP contribution is -2.32. The second-order valence-electron chi connectivity index (χ2n) is 4.93. The molecule has 0 aliphatic heterocycles. The molecule has 0 saturated carbocycles. The van der Waals surface area contributed by atoms with Crippen molar-refractivity contribution in [2.45, 2.75) is 26.3 Å². The van der Waals surface area contributed by atoms with Crippen molar-refractivity contribution in [1.29, 1.82) is 0 Å². The zero-order valence-electron chi connectivity index (χ0n) is 12.3. The lowest BCUT2D eigenvalue weighted by atomic mass is 10.1. The Kier molecular flexibility index (Phi) is 5.00. The van der Waals surface area contributed by atoms with Crippen LogP contribution in [0.4, 0.5) is 0 Å². The summed E-state index contributed by atoms with van der Waals surface area (Å²) in [5.74, 6) is -0.156. The Morgan fingerprint density at radius 1 is 1.29 bits per heavy atom. The highest BCUT2D eigenvalue weighted by atomic mass is 16.1. The van der Waals surface area contributed by atoms with Gasteiger partial charge in [-0.25, -0.2) is 0 Å². The third-order valence-electron chi connectivity index (χ3n) is 3.28. The molecule has 0 fully saturated rings. The van der Waals surface area contributed by atoms with Gasteiger partial charge in [0.1, 0.15) is 0 Å². The van der Waals surface area contributed by atoms with Crippen LogP contribution in [0.15, 0.2) is 36.4 Å². The van der Waals surface area contributed by atoms with E-state index in [1.807, 2.05) is 44.2 Å². The highest BCUT2D eigenvalue weighted by Gasteiger charge is 2.14. The summed E-state index contributed by atoms with van der Waals surface area (Å²) in [7, 11) is 0. The number of nitrogens with one attached hydrogen (secondary N) is 1. The standard InChI is InChI=1S/C16H20N4O/c1-3-15-13(9-11(2)19-20-15)16(21)18-10-14(17)12-7-5-4-6-8-12/h4-9,14H,3,10,17H2,1-2H3,(H,18,21). The van der Waals surface area contributed by atoms with Crippen molar-refractivity contribution in [2.24, 2.45) is 5.73 Å². The zero-order valence-corrected chi connectivity index (χ0v) is 12.3. The lowest BCUT2D eigenvalue weighted by molar-refractivity contribution is 0.0949. The van der Waals surface area contributed by atoms with E-state index in [1.165, 1.54) is 0 Å². The van der Waals surface area contributed by atoms with Crippen molar-refractivity contribution in [3.05, 3.63) is 58.9 Å².